The number of ether oxygens (including phenoxy) is 2. The van der Waals surface area contributed by atoms with Crippen molar-refractivity contribution in [3.63, 3.8) is 0 Å². The number of nitrogens with one attached hydrogen (secondary N) is 1. The number of alkyl halides is 3. The molecule has 1 N–H and O–H groups in total. The Labute approximate surface area is 158 Å². The number of aromatic nitrogens is 2. The fraction of sp³-hybridized carbons (Fsp3) is 0.158. The largest absolute Gasteiger partial charge is 0.497 e. The number of benzene rings is 2. The van der Waals surface area contributed by atoms with Gasteiger partial charge in [0.2, 0.25) is 0 Å². The monoisotopic (exact) mass is 391 g/mol. The standard InChI is InChI=1S/C19H16F3N3O3/c1-27-15-8-4-6-13(10-15)23-18(26)17-16(28-2)11-25(24-17)14-7-3-5-12(9-14)19(20,21)22/h3-11H,1-2H3,(H,23,26). The van der Waals surface area contributed by atoms with Crippen LogP contribution in [0.4, 0.5) is 18.9 Å². The molecule has 6 nitrogen and oxygen atoms in total. The fourth-order valence-corrected chi connectivity index (χ4v) is 2.51. The van der Waals surface area contributed by atoms with Gasteiger partial charge in [0.05, 0.1) is 31.7 Å². The summed E-state index contributed by atoms with van der Waals surface area (Å²) in [7, 11) is 2.84. The predicted octanol–water partition coefficient (Wildman–Crippen LogP) is 4.16. The number of hydrogen-bond donors (Lipinski definition) is 1. The minimum absolute atomic E-state index is 0.0669. The van der Waals surface area contributed by atoms with Gasteiger partial charge < -0.3 is 14.8 Å². The van der Waals surface area contributed by atoms with Crippen LogP contribution in [0.5, 0.6) is 11.5 Å². The van der Waals surface area contributed by atoms with E-state index in [-0.39, 0.29) is 17.1 Å². The van der Waals surface area contributed by atoms with Crippen LogP contribution in [0.2, 0.25) is 0 Å². The second kappa shape index (κ2) is 7.63. The van der Waals surface area contributed by atoms with Crippen molar-refractivity contribution in [2.45, 2.75) is 6.18 Å². The number of carbonyl (C=O) groups is 1. The van der Waals surface area contributed by atoms with E-state index in [2.05, 4.69) is 10.4 Å². The number of carbonyl (C=O) groups excluding carboxylic acids is 1. The SMILES string of the molecule is COc1cccc(NC(=O)c2nn(-c3cccc(C(F)(F)F)c3)cc2OC)c1. The average molecular weight is 391 g/mol. The van der Waals surface area contributed by atoms with E-state index in [4.69, 9.17) is 9.47 Å². The number of amides is 1. The fourth-order valence-electron chi connectivity index (χ4n) is 2.51. The van der Waals surface area contributed by atoms with Gasteiger partial charge >= 0.3 is 6.18 Å². The van der Waals surface area contributed by atoms with E-state index < -0.39 is 17.6 Å². The van der Waals surface area contributed by atoms with Crippen LogP contribution in [-0.4, -0.2) is 29.9 Å². The van der Waals surface area contributed by atoms with Gasteiger partial charge in [-0.1, -0.05) is 12.1 Å². The highest BCUT2D eigenvalue weighted by atomic mass is 19.4. The van der Waals surface area contributed by atoms with Crippen molar-refractivity contribution in [1.82, 2.24) is 9.78 Å². The highest BCUT2D eigenvalue weighted by Gasteiger charge is 2.30. The number of methoxy groups -OCH3 is 2. The third-order valence-corrected chi connectivity index (χ3v) is 3.88. The van der Waals surface area contributed by atoms with Crippen LogP contribution < -0.4 is 14.8 Å². The molecule has 28 heavy (non-hydrogen) atoms. The molecule has 0 aliphatic rings. The molecular formula is C19H16F3N3O3. The van der Waals surface area contributed by atoms with Gasteiger partial charge in [-0.2, -0.15) is 18.3 Å². The van der Waals surface area contributed by atoms with Gasteiger partial charge in [0, 0.05) is 11.8 Å². The lowest BCUT2D eigenvalue weighted by molar-refractivity contribution is -0.137. The Kier molecular flexibility index (Phi) is 5.25. The number of rotatable bonds is 5. The van der Waals surface area contributed by atoms with E-state index in [1.165, 1.54) is 32.5 Å². The molecule has 146 valence electrons. The van der Waals surface area contributed by atoms with E-state index >= 15 is 0 Å². The molecule has 0 saturated heterocycles. The van der Waals surface area contributed by atoms with Gasteiger partial charge in [-0.25, -0.2) is 4.68 Å². The summed E-state index contributed by atoms with van der Waals surface area (Å²) in [5, 5.41) is 6.75. The first kappa shape index (κ1) is 19.3. The van der Waals surface area contributed by atoms with Gasteiger partial charge in [-0.3, -0.25) is 4.79 Å². The third-order valence-electron chi connectivity index (χ3n) is 3.88. The van der Waals surface area contributed by atoms with Gasteiger partial charge in [0.15, 0.2) is 11.4 Å². The van der Waals surface area contributed by atoms with E-state index in [1.807, 2.05) is 0 Å². The van der Waals surface area contributed by atoms with E-state index in [0.717, 1.165) is 16.8 Å². The molecule has 1 aromatic heterocycles. The maximum Gasteiger partial charge on any atom is 0.416 e. The topological polar surface area (TPSA) is 65.4 Å². The van der Waals surface area contributed by atoms with E-state index in [1.54, 1.807) is 24.3 Å². The quantitative estimate of drug-likeness (QED) is 0.709. The highest BCUT2D eigenvalue weighted by Crippen LogP contribution is 2.31. The van der Waals surface area contributed by atoms with Crippen molar-refractivity contribution in [2.24, 2.45) is 0 Å². The lowest BCUT2D eigenvalue weighted by atomic mass is 10.2. The number of halogens is 3. The lowest BCUT2D eigenvalue weighted by Crippen LogP contribution is -2.14. The van der Waals surface area contributed by atoms with Crippen LogP contribution >= 0.6 is 0 Å². The number of nitrogens with zero attached hydrogens (tertiary/aromatic N) is 2. The van der Waals surface area contributed by atoms with Gasteiger partial charge in [0.25, 0.3) is 5.91 Å². The minimum atomic E-state index is -4.49. The summed E-state index contributed by atoms with van der Waals surface area (Å²) in [6.45, 7) is 0. The maximum atomic E-state index is 12.9. The van der Waals surface area contributed by atoms with Crippen molar-refractivity contribution in [3.8, 4) is 17.2 Å². The Morgan fingerprint density at radius 1 is 1.07 bits per heavy atom. The van der Waals surface area contributed by atoms with Crippen LogP contribution in [0.25, 0.3) is 5.69 Å². The molecule has 0 radical (unpaired) electrons. The molecule has 0 saturated carbocycles. The lowest BCUT2D eigenvalue weighted by Gasteiger charge is -2.08. The normalized spacial score (nSPS) is 11.2. The molecule has 0 spiro atoms. The number of hydrogen-bond acceptors (Lipinski definition) is 4. The molecule has 0 atom stereocenters. The van der Waals surface area contributed by atoms with Crippen LogP contribution in [0, 0.1) is 0 Å². The molecule has 3 aromatic rings. The zero-order valence-electron chi connectivity index (χ0n) is 14.9. The summed E-state index contributed by atoms with van der Waals surface area (Å²) in [6, 6.07) is 11.3. The average Bonchev–Trinajstić information content (AvgIpc) is 3.12. The molecule has 0 aliphatic heterocycles. The smallest absolute Gasteiger partial charge is 0.416 e. The Hall–Kier alpha value is -3.49. The first-order valence-electron chi connectivity index (χ1n) is 8.08. The second-order valence-corrected chi connectivity index (χ2v) is 5.72. The summed E-state index contributed by atoms with van der Waals surface area (Å²) in [4.78, 5) is 12.6. The van der Waals surface area contributed by atoms with Crippen molar-refractivity contribution in [1.29, 1.82) is 0 Å². The molecule has 0 bridgehead atoms. The highest BCUT2D eigenvalue weighted by molar-refractivity contribution is 6.04. The van der Waals surface area contributed by atoms with Crippen LogP contribution in [0.1, 0.15) is 16.1 Å². The zero-order valence-corrected chi connectivity index (χ0v) is 14.9. The van der Waals surface area contributed by atoms with Crippen molar-refractivity contribution in [3.05, 3.63) is 66.0 Å². The Morgan fingerprint density at radius 2 is 1.82 bits per heavy atom. The first-order valence-corrected chi connectivity index (χ1v) is 8.08. The molecule has 3 rings (SSSR count). The molecule has 1 heterocycles. The second-order valence-electron chi connectivity index (χ2n) is 5.72. The Balaban J connectivity index is 1.91. The number of anilines is 1. The third kappa shape index (κ3) is 4.08. The molecule has 0 unspecified atom stereocenters. The summed E-state index contributed by atoms with van der Waals surface area (Å²) < 4.78 is 50.2. The van der Waals surface area contributed by atoms with Gasteiger partial charge in [0.1, 0.15) is 5.75 Å². The summed E-state index contributed by atoms with van der Waals surface area (Å²) in [6.07, 6.45) is -3.14. The van der Waals surface area contributed by atoms with Crippen molar-refractivity contribution < 1.29 is 27.4 Å². The maximum absolute atomic E-state index is 12.9. The Morgan fingerprint density at radius 3 is 2.50 bits per heavy atom. The first-order chi connectivity index (χ1) is 13.3. The molecular weight excluding hydrogens is 375 g/mol. The van der Waals surface area contributed by atoms with Crippen molar-refractivity contribution >= 4 is 11.6 Å². The van der Waals surface area contributed by atoms with Crippen LogP contribution in [-0.2, 0) is 6.18 Å². The van der Waals surface area contributed by atoms with E-state index in [9.17, 15) is 18.0 Å². The van der Waals surface area contributed by atoms with Gasteiger partial charge in [-0.05, 0) is 30.3 Å². The van der Waals surface area contributed by atoms with Crippen LogP contribution in [0.15, 0.2) is 54.7 Å². The molecule has 0 aliphatic carbocycles. The summed E-state index contributed by atoms with van der Waals surface area (Å²) in [5.74, 6) is 0.105. The predicted molar refractivity (Wildman–Crippen MR) is 96.1 cm³/mol. The molecule has 9 heteroatoms. The molecule has 1 amide bonds. The Bertz CT molecular complexity index is 999. The zero-order chi connectivity index (χ0) is 20.3. The van der Waals surface area contributed by atoms with Gasteiger partial charge in [-0.15, -0.1) is 0 Å². The van der Waals surface area contributed by atoms with E-state index in [0.29, 0.717) is 11.4 Å². The van der Waals surface area contributed by atoms with Crippen LogP contribution in [0.3, 0.4) is 0 Å². The molecule has 2 aromatic carbocycles. The van der Waals surface area contributed by atoms with Crippen molar-refractivity contribution in [2.75, 3.05) is 19.5 Å². The summed E-state index contributed by atoms with van der Waals surface area (Å²) in [5.41, 5.74) is -0.266. The minimum Gasteiger partial charge on any atom is -0.497 e. The summed E-state index contributed by atoms with van der Waals surface area (Å²) >= 11 is 0. The molecule has 0 fully saturated rings.